The number of hydrogen-bond donors (Lipinski definition) is 2. The minimum absolute atomic E-state index is 0.216. The van der Waals surface area contributed by atoms with Crippen LogP contribution in [0, 0.1) is 13.8 Å². The Balaban J connectivity index is 1.58. The maximum absolute atomic E-state index is 4.83. The van der Waals surface area contributed by atoms with E-state index < -0.39 is 0 Å². The number of anilines is 2. The highest BCUT2D eigenvalue weighted by Crippen LogP contribution is 2.31. The zero-order chi connectivity index (χ0) is 18.6. The molecule has 0 aromatic carbocycles. The smallest absolute Gasteiger partial charge is 0.148 e. The minimum atomic E-state index is 0.216. The van der Waals surface area contributed by atoms with Gasteiger partial charge in [0.25, 0.3) is 0 Å². The molecule has 1 unspecified atom stereocenters. The van der Waals surface area contributed by atoms with Crippen molar-refractivity contribution in [1.29, 1.82) is 0 Å². The molecule has 140 valence electrons. The number of aromatic nitrogens is 5. The number of H-pyrrole nitrogens is 1. The van der Waals surface area contributed by atoms with Crippen molar-refractivity contribution in [1.82, 2.24) is 29.8 Å². The summed E-state index contributed by atoms with van der Waals surface area (Å²) in [5.41, 5.74) is 3.06. The van der Waals surface area contributed by atoms with Crippen molar-refractivity contribution in [2.24, 2.45) is 0 Å². The Hall–Kier alpha value is -2.80. The lowest BCUT2D eigenvalue weighted by Crippen LogP contribution is -2.34. The van der Waals surface area contributed by atoms with Gasteiger partial charge in [-0.25, -0.2) is 19.9 Å². The summed E-state index contributed by atoms with van der Waals surface area (Å²) >= 11 is 0. The molecule has 0 bridgehead atoms. The first-order valence-electron chi connectivity index (χ1n) is 9.45. The summed E-state index contributed by atoms with van der Waals surface area (Å²) in [5, 5.41) is 3.33. The summed E-state index contributed by atoms with van der Waals surface area (Å²) in [6.45, 7) is 5.88. The van der Waals surface area contributed by atoms with E-state index in [-0.39, 0.29) is 6.04 Å². The number of nitrogens with one attached hydrogen (secondary N) is 2. The molecule has 3 aromatic rings. The SMILES string of the molecule is Cc1cccc(Nc2cc(C)nc(C3CCCCN3Cc3cnc[nH]3)n2)n1. The van der Waals surface area contributed by atoms with Crippen molar-refractivity contribution in [3.8, 4) is 0 Å². The number of imidazole rings is 1. The molecule has 7 heteroatoms. The second kappa shape index (κ2) is 7.84. The fourth-order valence-electron chi connectivity index (χ4n) is 3.61. The first-order chi connectivity index (χ1) is 13.2. The molecule has 0 aliphatic carbocycles. The summed E-state index contributed by atoms with van der Waals surface area (Å²) in [4.78, 5) is 23.9. The Bertz CT molecular complexity index is 891. The molecule has 1 aliphatic rings. The van der Waals surface area contributed by atoms with Crippen LogP contribution >= 0.6 is 0 Å². The Morgan fingerprint density at radius 2 is 2.04 bits per heavy atom. The van der Waals surface area contributed by atoms with Crippen LogP contribution in [0.5, 0.6) is 0 Å². The summed E-state index contributed by atoms with van der Waals surface area (Å²) in [5.74, 6) is 2.48. The van der Waals surface area contributed by atoms with E-state index in [0.717, 1.165) is 54.1 Å². The molecule has 3 aromatic heterocycles. The summed E-state index contributed by atoms with van der Waals surface area (Å²) in [6, 6.07) is 8.11. The molecular weight excluding hydrogens is 338 g/mol. The fourth-order valence-corrected chi connectivity index (χ4v) is 3.61. The van der Waals surface area contributed by atoms with Crippen molar-refractivity contribution in [2.75, 3.05) is 11.9 Å². The van der Waals surface area contributed by atoms with E-state index in [4.69, 9.17) is 9.97 Å². The van der Waals surface area contributed by atoms with E-state index in [1.54, 1.807) is 6.33 Å². The number of hydrogen-bond acceptors (Lipinski definition) is 6. The van der Waals surface area contributed by atoms with Gasteiger partial charge in [-0.2, -0.15) is 0 Å². The lowest BCUT2D eigenvalue weighted by molar-refractivity contribution is 0.132. The first-order valence-corrected chi connectivity index (χ1v) is 9.45. The highest BCUT2D eigenvalue weighted by molar-refractivity contribution is 5.52. The second-order valence-electron chi connectivity index (χ2n) is 7.10. The summed E-state index contributed by atoms with van der Waals surface area (Å²) in [7, 11) is 0. The molecule has 1 aliphatic heterocycles. The van der Waals surface area contributed by atoms with Crippen LogP contribution in [0.3, 0.4) is 0 Å². The average Bonchev–Trinajstić information content (AvgIpc) is 3.15. The predicted octanol–water partition coefficient (Wildman–Crippen LogP) is 3.68. The van der Waals surface area contributed by atoms with Crippen molar-refractivity contribution >= 4 is 11.6 Å². The second-order valence-corrected chi connectivity index (χ2v) is 7.10. The van der Waals surface area contributed by atoms with E-state index >= 15 is 0 Å². The van der Waals surface area contributed by atoms with Gasteiger partial charge in [-0.15, -0.1) is 0 Å². The zero-order valence-corrected chi connectivity index (χ0v) is 15.8. The topological polar surface area (TPSA) is 82.6 Å². The lowest BCUT2D eigenvalue weighted by atomic mass is 10.0. The molecule has 0 saturated carbocycles. The van der Waals surface area contributed by atoms with Crippen LogP contribution in [0.25, 0.3) is 0 Å². The van der Waals surface area contributed by atoms with E-state index in [0.29, 0.717) is 0 Å². The quantitative estimate of drug-likeness (QED) is 0.719. The number of aryl methyl sites for hydroxylation is 2. The molecule has 27 heavy (non-hydrogen) atoms. The molecular formula is C20H25N7. The van der Waals surface area contributed by atoms with Gasteiger partial charge in [0.05, 0.1) is 12.4 Å². The maximum Gasteiger partial charge on any atom is 0.148 e. The first kappa shape index (κ1) is 17.6. The van der Waals surface area contributed by atoms with E-state index in [1.807, 2.05) is 44.3 Å². The number of aromatic amines is 1. The minimum Gasteiger partial charge on any atom is -0.347 e. The van der Waals surface area contributed by atoms with Gasteiger partial charge in [-0.05, 0) is 45.4 Å². The van der Waals surface area contributed by atoms with Gasteiger partial charge in [0.2, 0.25) is 0 Å². The van der Waals surface area contributed by atoms with Gasteiger partial charge in [-0.3, -0.25) is 4.90 Å². The number of nitrogens with zero attached hydrogens (tertiary/aromatic N) is 5. The highest BCUT2D eigenvalue weighted by Gasteiger charge is 2.27. The predicted molar refractivity (Wildman–Crippen MR) is 105 cm³/mol. The Morgan fingerprint density at radius 1 is 1.11 bits per heavy atom. The molecule has 0 amide bonds. The molecule has 1 atom stereocenters. The van der Waals surface area contributed by atoms with Gasteiger partial charge in [-0.1, -0.05) is 12.5 Å². The highest BCUT2D eigenvalue weighted by atomic mass is 15.2. The third-order valence-electron chi connectivity index (χ3n) is 4.86. The largest absolute Gasteiger partial charge is 0.347 e. The molecule has 0 spiro atoms. The van der Waals surface area contributed by atoms with Crippen molar-refractivity contribution in [2.45, 2.75) is 45.7 Å². The van der Waals surface area contributed by atoms with Crippen LogP contribution in [-0.2, 0) is 6.54 Å². The van der Waals surface area contributed by atoms with Crippen molar-refractivity contribution in [3.05, 3.63) is 59.7 Å². The summed E-state index contributed by atoms with van der Waals surface area (Å²) < 4.78 is 0. The number of likely N-dealkylation sites (tertiary alicyclic amines) is 1. The van der Waals surface area contributed by atoms with Crippen LogP contribution < -0.4 is 5.32 Å². The van der Waals surface area contributed by atoms with Gasteiger partial charge in [0.1, 0.15) is 17.5 Å². The van der Waals surface area contributed by atoms with Crippen LogP contribution in [-0.4, -0.2) is 36.4 Å². The van der Waals surface area contributed by atoms with Gasteiger partial charge < -0.3 is 10.3 Å². The van der Waals surface area contributed by atoms with Crippen LogP contribution in [0.4, 0.5) is 11.6 Å². The van der Waals surface area contributed by atoms with E-state index in [1.165, 1.54) is 12.8 Å². The van der Waals surface area contributed by atoms with E-state index in [9.17, 15) is 0 Å². The van der Waals surface area contributed by atoms with Crippen molar-refractivity contribution in [3.63, 3.8) is 0 Å². The molecule has 2 N–H and O–H groups in total. The third-order valence-corrected chi connectivity index (χ3v) is 4.86. The maximum atomic E-state index is 4.83. The number of piperidine rings is 1. The van der Waals surface area contributed by atoms with Gasteiger partial charge >= 0.3 is 0 Å². The van der Waals surface area contributed by atoms with Gasteiger partial charge in [0.15, 0.2) is 0 Å². The fraction of sp³-hybridized carbons (Fsp3) is 0.400. The third kappa shape index (κ3) is 4.31. The molecule has 4 heterocycles. The van der Waals surface area contributed by atoms with E-state index in [2.05, 4.69) is 25.2 Å². The summed E-state index contributed by atoms with van der Waals surface area (Å²) in [6.07, 6.45) is 7.09. The average molecular weight is 363 g/mol. The molecule has 4 rings (SSSR count). The normalized spacial score (nSPS) is 17.8. The van der Waals surface area contributed by atoms with Gasteiger partial charge in [0, 0.05) is 35.9 Å². The molecule has 7 nitrogen and oxygen atoms in total. The van der Waals surface area contributed by atoms with Crippen LogP contribution in [0.2, 0.25) is 0 Å². The van der Waals surface area contributed by atoms with Crippen molar-refractivity contribution < 1.29 is 0 Å². The van der Waals surface area contributed by atoms with Crippen LogP contribution in [0.1, 0.15) is 48.2 Å². The lowest BCUT2D eigenvalue weighted by Gasteiger charge is -2.34. The standard InChI is InChI=1S/C20H25N7/c1-14-6-5-8-18(23-14)25-19-10-15(2)24-20(26-19)17-7-3-4-9-27(17)12-16-11-21-13-22-16/h5-6,8,10-11,13,17H,3-4,7,9,12H2,1-2H3,(H,21,22)(H,23,24,25,26). The molecule has 1 fully saturated rings. The molecule has 0 radical (unpaired) electrons. The molecule has 1 saturated heterocycles. The number of rotatable bonds is 5. The zero-order valence-electron chi connectivity index (χ0n) is 15.8. The monoisotopic (exact) mass is 363 g/mol. The Morgan fingerprint density at radius 3 is 2.85 bits per heavy atom. The van der Waals surface area contributed by atoms with Crippen LogP contribution in [0.15, 0.2) is 36.8 Å². The Kier molecular flexibility index (Phi) is 5.11. The number of pyridine rings is 1. The Labute approximate surface area is 159 Å².